The van der Waals surface area contributed by atoms with Crippen molar-refractivity contribution in [3.63, 3.8) is 0 Å². The van der Waals surface area contributed by atoms with Crippen molar-refractivity contribution in [1.82, 2.24) is 0 Å². The highest BCUT2D eigenvalue weighted by Crippen LogP contribution is 2.67. The van der Waals surface area contributed by atoms with Crippen LogP contribution in [-0.2, 0) is 23.9 Å². The Hall–Kier alpha value is -2.45. The van der Waals surface area contributed by atoms with Crippen molar-refractivity contribution in [3.8, 4) is 0 Å². The fraction of sp³-hybridized carbons (Fsp3) is 0.667. The first-order chi connectivity index (χ1) is 16.4. The van der Waals surface area contributed by atoms with Crippen molar-refractivity contribution in [2.75, 3.05) is 7.11 Å². The molecule has 2 N–H and O–H groups in total. The lowest BCUT2D eigenvalue weighted by atomic mass is 9.40. The quantitative estimate of drug-likeness (QED) is 0.493. The SMILES string of the molecule is COC(=O)C(O)C1C(C)(C)[C@H](O)C2CC3=C4CC(=O)O[C@@H](c5ccoc5)[C@@]4(C)CCC3[C@@]1(C)C2=O. The average molecular weight is 487 g/mol. The van der Waals surface area contributed by atoms with Gasteiger partial charge in [-0.1, -0.05) is 33.3 Å². The van der Waals surface area contributed by atoms with E-state index in [-0.39, 0.29) is 24.1 Å². The maximum Gasteiger partial charge on any atom is 0.335 e. The van der Waals surface area contributed by atoms with Gasteiger partial charge in [-0.15, -0.1) is 0 Å². The minimum Gasteiger partial charge on any atom is -0.472 e. The summed E-state index contributed by atoms with van der Waals surface area (Å²) in [5, 5.41) is 22.5. The molecule has 3 aliphatic carbocycles. The zero-order chi connectivity index (χ0) is 25.5. The lowest BCUT2D eigenvalue weighted by molar-refractivity contribution is -0.203. The number of ketones is 1. The van der Waals surface area contributed by atoms with Gasteiger partial charge in [0, 0.05) is 28.2 Å². The van der Waals surface area contributed by atoms with Crippen LogP contribution >= 0.6 is 0 Å². The molecule has 8 atom stereocenters. The number of allylic oxidation sites excluding steroid dienone is 1. The van der Waals surface area contributed by atoms with Crippen molar-refractivity contribution in [2.45, 2.75) is 71.7 Å². The van der Waals surface area contributed by atoms with Crippen molar-refractivity contribution >= 4 is 17.7 Å². The van der Waals surface area contributed by atoms with E-state index in [1.807, 2.05) is 20.8 Å². The molecule has 1 aromatic rings. The molecule has 8 heteroatoms. The Bertz CT molecular complexity index is 1100. The molecule has 0 amide bonds. The van der Waals surface area contributed by atoms with Crippen LogP contribution in [0.15, 0.2) is 34.2 Å². The maximum absolute atomic E-state index is 13.9. The van der Waals surface area contributed by atoms with Crippen LogP contribution in [0.4, 0.5) is 0 Å². The molecule has 0 spiro atoms. The molecule has 35 heavy (non-hydrogen) atoms. The van der Waals surface area contributed by atoms with Crippen LogP contribution in [-0.4, -0.2) is 47.3 Å². The Labute approximate surface area is 204 Å². The Morgan fingerprint density at radius 3 is 2.57 bits per heavy atom. The molecule has 1 aromatic heterocycles. The summed E-state index contributed by atoms with van der Waals surface area (Å²) in [6.07, 6.45) is 1.80. The van der Waals surface area contributed by atoms with Crippen molar-refractivity contribution in [3.05, 3.63) is 35.3 Å². The number of methoxy groups -OCH3 is 1. The van der Waals surface area contributed by atoms with E-state index in [0.717, 1.165) is 16.7 Å². The number of carbonyl (C=O) groups is 3. The Balaban J connectivity index is 1.69. The third-order valence-corrected chi connectivity index (χ3v) is 9.83. The minimum absolute atomic E-state index is 0.122. The van der Waals surface area contributed by atoms with Gasteiger partial charge in [0.05, 0.1) is 32.2 Å². The zero-order valence-corrected chi connectivity index (χ0v) is 20.9. The number of fused-ring (bicyclic) bond motifs is 5. The van der Waals surface area contributed by atoms with Crippen LogP contribution in [0, 0.1) is 34.0 Å². The largest absolute Gasteiger partial charge is 0.472 e. The van der Waals surface area contributed by atoms with Gasteiger partial charge in [0.2, 0.25) is 0 Å². The molecule has 1 aliphatic heterocycles. The molecule has 3 fully saturated rings. The summed E-state index contributed by atoms with van der Waals surface area (Å²) >= 11 is 0. The minimum atomic E-state index is -1.56. The second-order valence-electron chi connectivity index (χ2n) is 11.8. The number of Topliss-reactive ketones (excluding diaryl/α,β-unsaturated/α-hetero) is 1. The first-order valence-corrected chi connectivity index (χ1v) is 12.3. The molecule has 4 aliphatic rings. The summed E-state index contributed by atoms with van der Waals surface area (Å²) in [6, 6.07) is 1.80. The number of carbonyl (C=O) groups excluding carboxylic acids is 3. The molecule has 2 saturated carbocycles. The highest BCUT2D eigenvalue weighted by molar-refractivity contribution is 5.93. The average Bonchev–Trinajstić information content (AvgIpc) is 3.34. The Morgan fingerprint density at radius 2 is 1.94 bits per heavy atom. The molecular formula is C27H34O8. The second-order valence-corrected chi connectivity index (χ2v) is 11.8. The number of hydrogen-bond acceptors (Lipinski definition) is 8. The van der Waals surface area contributed by atoms with Gasteiger partial charge in [0.15, 0.2) is 6.10 Å². The first kappa shape index (κ1) is 24.3. The van der Waals surface area contributed by atoms with E-state index in [4.69, 9.17) is 13.9 Å². The van der Waals surface area contributed by atoms with Gasteiger partial charge in [-0.05, 0) is 42.2 Å². The normalized spacial score (nSPS) is 40.9. The van der Waals surface area contributed by atoms with E-state index < -0.39 is 52.4 Å². The summed E-state index contributed by atoms with van der Waals surface area (Å²) < 4.78 is 16.0. The summed E-state index contributed by atoms with van der Waals surface area (Å²) in [7, 11) is 1.20. The van der Waals surface area contributed by atoms with Crippen LogP contribution in [0.2, 0.25) is 0 Å². The molecule has 1 saturated heterocycles. The second kappa shape index (κ2) is 7.77. The topological polar surface area (TPSA) is 123 Å². The van der Waals surface area contributed by atoms with Crippen LogP contribution in [0.25, 0.3) is 0 Å². The highest BCUT2D eigenvalue weighted by atomic mass is 16.5. The number of cyclic esters (lactones) is 1. The standard InChI is InChI=1S/C27H34O8/c1-25(2)20(19(29)24(32)33-5)27(4)16-6-8-26(3)17(14(16)10-15(21(25)30)22(27)31)11-18(28)35-23(26)13-7-9-34-12-13/h7,9,12,15-16,19-21,23,29-30H,6,8,10-11H2,1-5H3/t15?,16?,19?,20?,21-,23+,26+,27-/m1/s1. The predicted molar refractivity (Wildman–Crippen MR) is 123 cm³/mol. The zero-order valence-electron chi connectivity index (χ0n) is 20.9. The van der Waals surface area contributed by atoms with E-state index >= 15 is 0 Å². The third kappa shape index (κ3) is 3.08. The molecule has 0 aromatic carbocycles. The monoisotopic (exact) mass is 486 g/mol. The molecular weight excluding hydrogens is 452 g/mol. The molecule has 4 unspecified atom stereocenters. The van der Waals surface area contributed by atoms with E-state index in [9.17, 15) is 24.6 Å². The fourth-order valence-corrected chi connectivity index (χ4v) is 8.18. The number of hydrogen-bond donors (Lipinski definition) is 2. The predicted octanol–water partition coefficient (Wildman–Crippen LogP) is 3.13. The van der Waals surface area contributed by atoms with Gasteiger partial charge in [-0.3, -0.25) is 9.59 Å². The van der Waals surface area contributed by atoms with Gasteiger partial charge in [0.25, 0.3) is 0 Å². The molecule has 190 valence electrons. The van der Waals surface area contributed by atoms with E-state index in [2.05, 4.69) is 6.92 Å². The van der Waals surface area contributed by atoms with Crippen LogP contribution in [0.3, 0.4) is 0 Å². The molecule has 5 rings (SSSR count). The van der Waals surface area contributed by atoms with Gasteiger partial charge < -0.3 is 24.1 Å². The number of ether oxygens (including phenoxy) is 2. The van der Waals surface area contributed by atoms with Crippen molar-refractivity contribution < 1.29 is 38.5 Å². The smallest absolute Gasteiger partial charge is 0.335 e. The van der Waals surface area contributed by atoms with E-state index in [0.29, 0.717) is 19.3 Å². The van der Waals surface area contributed by atoms with Gasteiger partial charge >= 0.3 is 11.9 Å². The van der Waals surface area contributed by atoms with Gasteiger partial charge in [0.1, 0.15) is 11.9 Å². The Morgan fingerprint density at radius 1 is 1.23 bits per heavy atom. The van der Waals surface area contributed by atoms with E-state index in [1.165, 1.54) is 7.11 Å². The van der Waals surface area contributed by atoms with Gasteiger partial charge in [-0.2, -0.15) is 0 Å². The van der Waals surface area contributed by atoms with Crippen LogP contribution in [0.5, 0.6) is 0 Å². The van der Waals surface area contributed by atoms with Crippen LogP contribution < -0.4 is 0 Å². The lowest BCUT2D eigenvalue weighted by Gasteiger charge is -2.63. The fourth-order valence-electron chi connectivity index (χ4n) is 8.18. The first-order valence-electron chi connectivity index (χ1n) is 12.3. The van der Waals surface area contributed by atoms with Crippen molar-refractivity contribution in [2.24, 2.45) is 34.0 Å². The molecule has 2 bridgehead atoms. The summed E-state index contributed by atoms with van der Waals surface area (Å²) in [5.74, 6) is -3.07. The molecule has 8 nitrogen and oxygen atoms in total. The number of rotatable bonds is 3. The highest BCUT2D eigenvalue weighted by Gasteiger charge is 2.69. The summed E-state index contributed by atoms with van der Waals surface area (Å²) in [6.45, 7) is 7.54. The summed E-state index contributed by atoms with van der Waals surface area (Å²) in [4.78, 5) is 39.2. The molecule has 0 radical (unpaired) electrons. The van der Waals surface area contributed by atoms with E-state index in [1.54, 1.807) is 18.6 Å². The maximum atomic E-state index is 13.9. The number of aliphatic hydroxyl groups is 2. The third-order valence-electron chi connectivity index (χ3n) is 9.83. The van der Waals surface area contributed by atoms with Crippen molar-refractivity contribution in [1.29, 1.82) is 0 Å². The molecule has 2 heterocycles. The Kier molecular flexibility index (Phi) is 5.39. The number of furan rings is 1. The number of esters is 2. The summed E-state index contributed by atoms with van der Waals surface area (Å²) in [5.41, 5.74) is 0.241. The van der Waals surface area contributed by atoms with Crippen LogP contribution in [0.1, 0.15) is 65.0 Å². The van der Waals surface area contributed by atoms with Gasteiger partial charge in [-0.25, -0.2) is 4.79 Å². The number of aliphatic hydroxyl groups excluding tert-OH is 2. The lowest BCUT2D eigenvalue weighted by Crippen LogP contribution is -2.68.